The largest absolute Gasteiger partial charge is 0.309 e. The van der Waals surface area contributed by atoms with Gasteiger partial charge in [0.25, 0.3) is 0 Å². The predicted octanol–water partition coefficient (Wildman–Crippen LogP) is 3.13. The number of benzene rings is 1. The summed E-state index contributed by atoms with van der Waals surface area (Å²) in [5, 5.41) is 8.29. The van der Waals surface area contributed by atoms with E-state index in [4.69, 9.17) is 5.10 Å². The summed E-state index contributed by atoms with van der Waals surface area (Å²) in [6, 6.07) is 9.09. The van der Waals surface area contributed by atoms with Crippen LogP contribution in [0.15, 0.2) is 24.3 Å². The summed E-state index contributed by atoms with van der Waals surface area (Å²) in [5.74, 6) is 0. The van der Waals surface area contributed by atoms with E-state index in [-0.39, 0.29) is 0 Å². The van der Waals surface area contributed by atoms with Crippen molar-refractivity contribution in [1.82, 2.24) is 15.1 Å². The summed E-state index contributed by atoms with van der Waals surface area (Å²) in [7, 11) is 2.04. The van der Waals surface area contributed by atoms with Crippen LogP contribution in [0.3, 0.4) is 0 Å². The van der Waals surface area contributed by atoms with Crippen molar-refractivity contribution in [2.45, 2.75) is 32.7 Å². The molecule has 1 aromatic heterocycles. The lowest BCUT2D eigenvalue weighted by Gasteiger charge is -2.08. The van der Waals surface area contributed by atoms with Gasteiger partial charge in [0.15, 0.2) is 0 Å². The van der Waals surface area contributed by atoms with Crippen LogP contribution in [0.4, 0.5) is 0 Å². The first-order chi connectivity index (χ1) is 9.16. The maximum Gasteiger partial charge on any atom is 0.0829 e. The van der Waals surface area contributed by atoms with Crippen LogP contribution >= 0.6 is 0 Å². The molecule has 0 aliphatic carbocycles. The molecule has 1 saturated heterocycles. The highest BCUT2D eigenvalue weighted by Gasteiger charge is 2.23. The third kappa shape index (κ3) is 2.19. The minimum atomic E-state index is 0.435. The van der Waals surface area contributed by atoms with Gasteiger partial charge in [0.1, 0.15) is 0 Å². The highest BCUT2D eigenvalue weighted by molar-refractivity contribution is 5.65. The Labute approximate surface area is 114 Å². The Bertz CT molecular complexity index is 592. The van der Waals surface area contributed by atoms with Gasteiger partial charge in [-0.15, -0.1) is 0 Å². The molecule has 0 amide bonds. The zero-order chi connectivity index (χ0) is 13.4. The van der Waals surface area contributed by atoms with Crippen molar-refractivity contribution < 1.29 is 0 Å². The molecule has 1 fully saturated rings. The van der Waals surface area contributed by atoms with Gasteiger partial charge < -0.3 is 5.32 Å². The van der Waals surface area contributed by atoms with Gasteiger partial charge in [-0.05, 0) is 44.9 Å². The van der Waals surface area contributed by atoms with Gasteiger partial charge in [0.05, 0.1) is 17.4 Å². The maximum absolute atomic E-state index is 4.75. The van der Waals surface area contributed by atoms with Gasteiger partial charge in [-0.25, -0.2) is 0 Å². The molecule has 1 N–H and O–H groups in total. The van der Waals surface area contributed by atoms with Gasteiger partial charge in [0, 0.05) is 12.6 Å². The summed E-state index contributed by atoms with van der Waals surface area (Å²) < 4.78 is 2.03. The van der Waals surface area contributed by atoms with Crippen LogP contribution in [-0.4, -0.2) is 16.3 Å². The zero-order valence-corrected chi connectivity index (χ0v) is 11.9. The first kappa shape index (κ1) is 12.4. The van der Waals surface area contributed by atoms with Gasteiger partial charge in [-0.1, -0.05) is 23.8 Å². The van der Waals surface area contributed by atoms with Crippen molar-refractivity contribution in [1.29, 1.82) is 0 Å². The zero-order valence-electron chi connectivity index (χ0n) is 11.9. The van der Waals surface area contributed by atoms with Crippen molar-refractivity contribution in [3.8, 4) is 11.3 Å². The molecule has 19 heavy (non-hydrogen) atoms. The van der Waals surface area contributed by atoms with E-state index in [1.807, 2.05) is 11.7 Å². The van der Waals surface area contributed by atoms with Gasteiger partial charge in [-0.3, -0.25) is 4.68 Å². The highest BCUT2D eigenvalue weighted by atomic mass is 15.3. The molecule has 2 aromatic rings. The molecule has 1 aliphatic rings. The molecular formula is C16H21N3. The third-order valence-electron chi connectivity index (χ3n) is 4.00. The van der Waals surface area contributed by atoms with E-state index >= 15 is 0 Å². The van der Waals surface area contributed by atoms with Gasteiger partial charge >= 0.3 is 0 Å². The molecule has 0 bridgehead atoms. The van der Waals surface area contributed by atoms with Gasteiger partial charge in [-0.2, -0.15) is 5.10 Å². The lowest BCUT2D eigenvalue weighted by atomic mass is 10.0. The van der Waals surface area contributed by atoms with Crippen molar-refractivity contribution in [3.63, 3.8) is 0 Å². The normalized spacial score (nSPS) is 19.0. The minimum absolute atomic E-state index is 0.435. The molecular weight excluding hydrogens is 234 g/mol. The number of hydrogen-bond acceptors (Lipinski definition) is 2. The molecule has 1 unspecified atom stereocenters. The van der Waals surface area contributed by atoms with E-state index in [0.29, 0.717) is 6.04 Å². The van der Waals surface area contributed by atoms with E-state index in [1.54, 1.807) is 0 Å². The Hall–Kier alpha value is -1.61. The van der Waals surface area contributed by atoms with E-state index in [2.05, 4.69) is 43.4 Å². The number of aromatic nitrogens is 2. The van der Waals surface area contributed by atoms with E-state index < -0.39 is 0 Å². The first-order valence-corrected chi connectivity index (χ1v) is 7.00. The average molecular weight is 255 g/mol. The number of hydrogen-bond donors (Lipinski definition) is 1. The Morgan fingerprint density at radius 1 is 1.32 bits per heavy atom. The van der Waals surface area contributed by atoms with Crippen molar-refractivity contribution >= 4 is 0 Å². The second kappa shape index (κ2) is 4.82. The molecule has 1 aromatic carbocycles. The summed E-state index contributed by atoms with van der Waals surface area (Å²) in [4.78, 5) is 0. The van der Waals surface area contributed by atoms with E-state index in [0.717, 1.165) is 6.54 Å². The predicted molar refractivity (Wildman–Crippen MR) is 78.1 cm³/mol. The molecule has 0 spiro atoms. The Kier molecular flexibility index (Phi) is 3.15. The number of rotatable bonds is 2. The molecule has 3 rings (SSSR count). The topological polar surface area (TPSA) is 29.9 Å². The molecule has 0 radical (unpaired) electrons. The standard InChI is InChI=1S/C16H21N3/c1-11-6-4-7-13(10-11)16-12(2)15(18-19(16)3)14-8-5-9-17-14/h4,6-7,10,14,17H,5,8-9H2,1-3H3. The average Bonchev–Trinajstić information content (AvgIpc) is 2.97. The maximum atomic E-state index is 4.75. The van der Waals surface area contributed by atoms with Crippen molar-refractivity contribution in [2.24, 2.45) is 7.05 Å². The fourth-order valence-corrected chi connectivity index (χ4v) is 3.10. The van der Waals surface area contributed by atoms with Crippen LogP contribution < -0.4 is 5.32 Å². The second-order valence-electron chi connectivity index (χ2n) is 5.50. The van der Waals surface area contributed by atoms with Crippen molar-refractivity contribution in [2.75, 3.05) is 6.54 Å². The molecule has 1 atom stereocenters. The molecule has 1 aliphatic heterocycles. The van der Waals surface area contributed by atoms with E-state index in [9.17, 15) is 0 Å². The van der Waals surface area contributed by atoms with Crippen LogP contribution in [-0.2, 0) is 7.05 Å². The fraction of sp³-hybridized carbons (Fsp3) is 0.438. The molecule has 3 nitrogen and oxygen atoms in total. The Balaban J connectivity index is 2.07. The smallest absolute Gasteiger partial charge is 0.0829 e. The Morgan fingerprint density at radius 2 is 2.16 bits per heavy atom. The third-order valence-corrected chi connectivity index (χ3v) is 4.00. The molecule has 100 valence electrons. The van der Waals surface area contributed by atoms with E-state index in [1.165, 1.54) is 40.9 Å². The lowest BCUT2D eigenvalue weighted by molar-refractivity contribution is 0.605. The summed E-state index contributed by atoms with van der Waals surface area (Å²) in [6.45, 7) is 5.44. The molecule has 2 heterocycles. The van der Waals surface area contributed by atoms with Crippen LogP contribution in [0.1, 0.15) is 35.7 Å². The number of aryl methyl sites for hydroxylation is 2. The molecule has 0 saturated carbocycles. The van der Waals surface area contributed by atoms with Crippen LogP contribution in [0.2, 0.25) is 0 Å². The number of nitrogens with one attached hydrogen (secondary N) is 1. The van der Waals surface area contributed by atoms with Crippen LogP contribution in [0.25, 0.3) is 11.3 Å². The number of nitrogens with zero attached hydrogens (tertiary/aromatic N) is 2. The SMILES string of the molecule is Cc1cccc(-c2c(C)c(C3CCCN3)nn2C)c1. The highest BCUT2D eigenvalue weighted by Crippen LogP contribution is 2.31. The van der Waals surface area contributed by atoms with Gasteiger partial charge in [0.2, 0.25) is 0 Å². The summed E-state index contributed by atoms with van der Waals surface area (Å²) >= 11 is 0. The monoisotopic (exact) mass is 255 g/mol. The fourth-order valence-electron chi connectivity index (χ4n) is 3.10. The van der Waals surface area contributed by atoms with Crippen LogP contribution in [0.5, 0.6) is 0 Å². The van der Waals surface area contributed by atoms with Crippen molar-refractivity contribution in [3.05, 3.63) is 41.1 Å². The minimum Gasteiger partial charge on any atom is -0.309 e. The Morgan fingerprint density at radius 3 is 2.84 bits per heavy atom. The quantitative estimate of drug-likeness (QED) is 0.893. The lowest BCUT2D eigenvalue weighted by Crippen LogP contribution is -2.14. The van der Waals surface area contributed by atoms with Crippen LogP contribution in [0, 0.1) is 13.8 Å². The summed E-state index contributed by atoms with van der Waals surface area (Å²) in [5.41, 5.74) is 6.33. The summed E-state index contributed by atoms with van der Waals surface area (Å²) in [6.07, 6.45) is 2.45. The first-order valence-electron chi connectivity index (χ1n) is 7.00. The second-order valence-corrected chi connectivity index (χ2v) is 5.50. The molecule has 3 heteroatoms.